The number of nitrogens with one attached hydrogen (secondary N) is 2. The zero-order chi connectivity index (χ0) is 20.6. The molecular weight excluding hydrogens is 384 g/mol. The third-order valence-corrected chi connectivity index (χ3v) is 5.14. The van der Waals surface area contributed by atoms with Crippen LogP contribution in [0.2, 0.25) is 0 Å². The number of carbonyl (C=O) groups excluding carboxylic acids is 2. The smallest absolute Gasteiger partial charge is 0.339 e. The van der Waals surface area contributed by atoms with Crippen LogP contribution in [-0.4, -0.2) is 40.6 Å². The Labute approximate surface area is 163 Å². The van der Waals surface area contributed by atoms with E-state index in [4.69, 9.17) is 4.74 Å². The predicted molar refractivity (Wildman–Crippen MR) is 104 cm³/mol. The number of hydrogen-bond donors (Lipinski definition) is 2. The summed E-state index contributed by atoms with van der Waals surface area (Å²) in [7, 11) is -2.67. The van der Waals surface area contributed by atoms with Gasteiger partial charge in [-0.05, 0) is 30.7 Å². The largest absolute Gasteiger partial charge is 0.493 e. The van der Waals surface area contributed by atoms with Crippen LogP contribution in [0, 0.1) is 0 Å². The molecule has 2 aromatic rings. The minimum absolute atomic E-state index is 0.0245. The van der Waals surface area contributed by atoms with Crippen LogP contribution < -0.4 is 14.8 Å². The van der Waals surface area contributed by atoms with Crippen LogP contribution in [0.5, 0.6) is 5.75 Å². The van der Waals surface area contributed by atoms with E-state index in [-0.39, 0.29) is 29.5 Å². The van der Waals surface area contributed by atoms with Gasteiger partial charge in [-0.2, -0.15) is 0 Å². The number of carbonyl (C=O) groups is 2. The minimum atomic E-state index is -3.87. The summed E-state index contributed by atoms with van der Waals surface area (Å²) in [5.74, 6) is -0.340. The number of amides is 1. The first-order chi connectivity index (χ1) is 13.3. The Morgan fingerprint density at radius 3 is 2.54 bits per heavy atom. The summed E-state index contributed by atoms with van der Waals surface area (Å²) in [6.07, 6.45) is 0.407. The molecule has 9 heteroatoms. The van der Waals surface area contributed by atoms with E-state index in [2.05, 4.69) is 14.8 Å². The van der Waals surface area contributed by atoms with Crippen molar-refractivity contribution in [3.05, 3.63) is 54.1 Å². The molecule has 2 N–H and O–H groups in total. The van der Waals surface area contributed by atoms with Gasteiger partial charge in [0.1, 0.15) is 5.75 Å². The van der Waals surface area contributed by atoms with Crippen molar-refractivity contribution in [1.29, 1.82) is 0 Å². The quantitative estimate of drug-likeness (QED) is 0.488. The van der Waals surface area contributed by atoms with Crippen molar-refractivity contribution in [2.45, 2.75) is 18.2 Å². The maximum atomic E-state index is 12.5. The lowest BCUT2D eigenvalue weighted by atomic mass is 10.2. The standard InChI is InChI=1S/C19H22N2O6S/c1-14(22)21-15-7-5-8-16(13-15)27-12-6-11-20-28(24,25)18-10-4-3-9-17(18)19(23)26-2/h3-5,7-10,13,20H,6,11-12H2,1-2H3,(H,21,22). The van der Waals surface area contributed by atoms with Crippen molar-refractivity contribution < 1.29 is 27.5 Å². The maximum Gasteiger partial charge on any atom is 0.339 e. The van der Waals surface area contributed by atoms with Crippen molar-refractivity contribution in [2.75, 3.05) is 25.6 Å². The summed E-state index contributed by atoms with van der Waals surface area (Å²) in [4.78, 5) is 22.7. The van der Waals surface area contributed by atoms with E-state index in [1.165, 1.54) is 32.2 Å². The Morgan fingerprint density at radius 1 is 1.07 bits per heavy atom. The van der Waals surface area contributed by atoms with E-state index in [1.54, 1.807) is 30.3 Å². The molecule has 8 nitrogen and oxygen atoms in total. The number of ether oxygens (including phenoxy) is 2. The lowest BCUT2D eigenvalue weighted by Gasteiger charge is -2.11. The van der Waals surface area contributed by atoms with Gasteiger partial charge in [-0.15, -0.1) is 0 Å². The zero-order valence-corrected chi connectivity index (χ0v) is 16.4. The Bertz CT molecular complexity index is 943. The van der Waals surface area contributed by atoms with Gasteiger partial charge in [0, 0.05) is 25.2 Å². The molecule has 0 aromatic heterocycles. The Balaban J connectivity index is 1.88. The first-order valence-electron chi connectivity index (χ1n) is 8.51. The summed E-state index contributed by atoms with van der Waals surface area (Å²) in [6, 6.07) is 12.7. The molecular formula is C19H22N2O6S. The third kappa shape index (κ3) is 6.07. The first-order valence-corrected chi connectivity index (χ1v) is 9.99. The Hall–Kier alpha value is -2.91. The molecule has 0 bridgehead atoms. The second-order valence-electron chi connectivity index (χ2n) is 5.80. The molecule has 0 spiro atoms. The normalized spacial score (nSPS) is 10.9. The summed E-state index contributed by atoms with van der Waals surface area (Å²) in [5, 5.41) is 2.66. The van der Waals surface area contributed by atoms with Crippen molar-refractivity contribution in [2.24, 2.45) is 0 Å². The van der Waals surface area contributed by atoms with Crippen LogP contribution in [0.4, 0.5) is 5.69 Å². The fraction of sp³-hybridized carbons (Fsp3) is 0.263. The average molecular weight is 406 g/mol. The molecule has 1 amide bonds. The fourth-order valence-corrected chi connectivity index (χ4v) is 3.66. The molecule has 2 aromatic carbocycles. The van der Waals surface area contributed by atoms with Crippen LogP contribution >= 0.6 is 0 Å². The maximum absolute atomic E-state index is 12.5. The Kier molecular flexibility index (Phi) is 7.53. The van der Waals surface area contributed by atoms with Gasteiger partial charge >= 0.3 is 5.97 Å². The topological polar surface area (TPSA) is 111 Å². The van der Waals surface area contributed by atoms with Gasteiger partial charge < -0.3 is 14.8 Å². The van der Waals surface area contributed by atoms with Crippen LogP contribution in [0.25, 0.3) is 0 Å². The number of rotatable bonds is 9. The molecule has 0 atom stereocenters. The van der Waals surface area contributed by atoms with Gasteiger partial charge in [0.2, 0.25) is 15.9 Å². The molecule has 0 saturated heterocycles. The number of methoxy groups -OCH3 is 1. The summed E-state index contributed by atoms with van der Waals surface area (Å²) >= 11 is 0. The molecule has 0 unspecified atom stereocenters. The second kappa shape index (κ2) is 9.86. The molecule has 0 aliphatic carbocycles. The van der Waals surface area contributed by atoms with Crippen molar-refractivity contribution in [3.63, 3.8) is 0 Å². The molecule has 0 aliphatic rings. The molecule has 0 radical (unpaired) electrons. The first kappa shape index (κ1) is 21.4. The lowest BCUT2D eigenvalue weighted by Crippen LogP contribution is -2.27. The highest BCUT2D eigenvalue weighted by Gasteiger charge is 2.22. The monoisotopic (exact) mass is 406 g/mol. The molecule has 28 heavy (non-hydrogen) atoms. The van der Waals surface area contributed by atoms with Crippen molar-refractivity contribution in [1.82, 2.24) is 4.72 Å². The van der Waals surface area contributed by atoms with Crippen LogP contribution in [0.1, 0.15) is 23.7 Å². The van der Waals surface area contributed by atoms with Crippen LogP contribution in [-0.2, 0) is 19.6 Å². The van der Waals surface area contributed by atoms with Crippen LogP contribution in [0.3, 0.4) is 0 Å². The number of anilines is 1. The molecule has 0 heterocycles. The SMILES string of the molecule is COC(=O)c1ccccc1S(=O)(=O)NCCCOc1cccc(NC(C)=O)c1. The summed E-state index contributed by atoms with van der Waals surface area (Å²) < 4.78 is 37.5. The molecule has 2 rings (SSSR count). The number of hydrogen-bond acceptors (Lipinski definition) is 6. The number of sulfonamides is 1. The number of benzene rings is 2. The molecule has 150 valence electrons. The fourth-order valence-electron chi connectivity index (χ4n) is 2.39. The van der Waals surface area contributed by atoms with Gasteiger partial charge in [-0.1, -0.05) is 18.2 Å². The molecule has 0 saturated carbocycles. The highest BCUT2D eigenvalue weighted by atomic mass is 32.2. The van der Waals surface area contributed by atoms with Crippen molar-refractivity contribution >= 4 is 27.6 Å². The lowest BCUT2D eigenvalue weighted by molar-refractivity contribution is -0.114. The highest BCUT2D eigenvalue weighted by molar-refractivity contribution is 7.89. The number of esters is 1. The zero-order valence-electron chi connectivity index (χ0n) is 15.6. The van der Waals surface area contributed by atoms with Gasteiger partial charge in [0.05, 0.1) is 24.2 Å². The van der Waals surface area contributed by atoms with Gasteiger partial charge in [-0.25, -0.2) is 17.9 Å². The van der Waals surface area contributed by atoms with E-state index in [9.17, 15) is 18.0 Å². The summed E-state index contributed by atoms with van der Waals surface area (Å²) in [5.41, 5.74) is 0.591. The molecule has 0 fully saturated rings. The van der Waals surface area contributed by atoms with E-state index in [1.807, 2.05) is 0 Å². The molecule has 0 aliphatic heterocycles. The average Bonchev–Trinajstić information content (AvgIpc) is 2.67. The van der Waals surface area contributed by atoms with E-state index in [0.29, 0.717) is 17.9 Å². The summed E-state index contributed by atoms with van der Waals surface area (Å²) in [6.45, 7) is 1.81. The van der Waals surface area contributed by atoms with Gasteiger partial charge in [-0.3, -0.25) is 4.79 Å². The van der Waals surface area contributed by atoms with Gasteiger partial charge in [0.25, 0.3) is 0 Å². The van der Waals surface area contributed by atoms with E-state index in [0.717, 1.165) is 0 Å². The van der Waals surface area contributed by atoms with E-state index < -0.39 is 16.0 Å². The predicted octanol–water partition coefficient (Wildman–Crippen LogP) is 2.18. The second-order valence-corrected chi connectivity index (χ2v) is 7.53. The third-order valence-electron chi connectivity index (χ3n) is 3.62. The van der Waals surface area contributed by atoms with E-state index >= 15 is 0 Å². The Morgan fingerprint density at radius 2 is 1.82 bits per heavy atom. The van der Waals surface area contributed by atoms with Gasteiger partial charge in [0.15, 0.2) is 0 Å². The minimum Gasteiger partial charge on any atom is -0.493 e. The van der Waals surface area contributed by atoms with Crippen molar-refractivity contribution in [3.8, 4) is 5.75 Å². The highest BCUT2D eigenvalue weighted by Crippen LogP contribution is 2.18. The van der Waals surface area contributed by atoms with Crippen LogP contribution in [0.15, 0.2) is 53.4 Å².